The Balaban J connectivity index is 2.11. The van der Waals surface area contributed by atoms with Crippen LogP contribution in [0.5, 0.6) is 0 Å². The van der Waals surface area contributed by atoms with Crippen molar-refractivity contribution < 1.29 is 14.3 Å². The molecule has 0 saturated heterocycles. The van der Waals surface area contributed by atoms with Crippen LogP contribution in [0.25, 0.3) is 0 Å². The molecule has 1 fully saturated rings. The van der Waals surface area contributed by atoms with Crippen LogP contribution in [-0.4, -0.2) is 23.7 Å². The molecule has 0 radical (unpaired) electrons. The van der Waals surface area contributed by atoms with Gasteiger partial charge in [-0.05, 0) is 36.5 Å². The Morgan fingerprint density at radius 3 is 2.86 bits per heavy atom. The number of aliphatic hydroxyl groups is 1. The Kier molecular flexibility index (Phi) is 4.64. The van der Waals surface area contributed by atoms with Crippen molar-refractivity contribution in [1.82, 2.24) is 5.32 Å². The average molecular weight is 289 g/mol. The number of aliphatic hydroxyl groups excluding tert-OH is 1. The zero-order chi connectivity index (χ0) is 15.5. The van der Waals surface area contributed by atoms with Crippen LogP contribution >= 0.6 is 0 Å². The highest BCUT2D eigenvalue weighted by molar-refractivity contribution is 5.94. The van der Waals surface area contributed by atoms with Gasteiger partial charge in [0.2, 0.25) is 0 Å². The zero-order valence-corrected chi connectivity index (χ0v) is 12.4. The van der Waals surface area contributed by atoms with Gasteiger partial charge in [-0.1, -0.05) is 32.1 Å². The van der Waals surface area contributed by atoms with Crippen molar-refractivity contribution in [2.24, 2.45) is 5.41 Å². The molecule has 4 heteroatoms. The molecule has 2 rings (SSSR count). The third-order valence-electron chi connectivity index (χ3n) is 4.10. The number of benzene rings is 1. The van der Waals surface area contributed by atoms with E-state index in [1.807, 2.05) is 0 Å². The Labute approximate surface area is 124 Å². The minimum atomic E-state index is -0.547. The Bertz CT molecular complexity index is 599. The topological polar surface area (TPSA) is 49.3 Å². The van der Waals surface area contributed by atoms with E-state index >= 15 is 0 Å². The van der Waals surface area contributed by atoms with E-state index in [1.165, 1.54) is 12.1 Å². The molecule has 2 N–H and O–H groups in total. The van der Waals surface area contributed by atoms with Crippen molar-refractivity contribution in [1.29, 1.82) is 0 Å². The third kappa shape index (κ3) is 3.62. The highest BCUT2D eigenvalue weighted by Crippen LogP contribution is 2.37. The van der Waals surface area contributed by atoms with Crippen molar-refractivity contribution in [3.8, 4) is 11.8 Å². The number of nitrogens with one attached hydrogen (secondary N) is 1. The van der Waals surface area contributed by atoms with Crippen LogP contribution in [0, 0.1) is 23.1 Å². The van der Waals surface area contributed by atoms with E-state index in [0.717, 1.165) is 19.3 Å². The van der Waals surface area contributed by atoms with Crippen LogP contribution in [0.1, 0.15) is 49.0 Å². The first kappa shape index (κ1) is 15.5. The summed E-state index contributed by atoms with van der Waals surface area (Å²) < 4.78 is 13.8. The molecule has 0 aromatic heterocycles. The lowest BCUT2D eigenvalue weighted by atomic mass is 9.87. The van der Waals surface area contributed by atoms with Crippen LogP contribution in [0.2, 0.25) is 0 Å². The summed E-state index contributed by atoms with van der Waals surface area (Å²) in [6.45, 7) is 3.96. The molecule has 1 saturated carbocycles. The van der Waals surface area contributed by atoms with Crippen molar-refractivity contribution in [2.75, 3.05) is 6.61 Å². The van der Waals surface area contributed by atoms with Gasteiger partial charge in [-0.15, -0.1) is 0 Å². The summed E-state index contributed by atoms with van der Waals surface area (Å²) in [7, 11) is 0. The summed E-state index contributed by atoms with van der Waals surface area (Å²) in [4.78, 5) is 12.2. The van der Waals surface area contributed by atoms with E-state index in [9.17, 15) is 9.18 Å². The number of halogens is 1. The van der Waals surface area contributed by atoms with Crippen LogP contribution in [-0.2, 0) is 0 Å². The standard InChI is InChI=1S/C17H20FNO2/c1-17(2)9-3-6-15(17)19-16(21)13-8-7-12(5-4-10-20)14(18)11-13/h7-8,11,15,20H,3,6,9-10H2,1-2H3,(H,19,21). The highest BCUT2D eigenvalue weighted by Gasteiger charge is 2.35. The molecule has 1 aromatic rings. The monoisotopic (exact) mass is 289 g/mol. The third-order valence-corrected chi connectivity index (χ3v) is 4.10. The maximum atomic E-state index is 13.8. The molecule has 112 valence electrons. The number of rotatable bonds is 2. The molecule has 0 aliphatic heterocycles. The fourth-order valence-electron chi connectivity index (χ4n) is 2.73. The van der Waals surface area contributed by atoms with E-state index in [1.54, 1.807) is 6.07 Å². The molecule has 0 spiro atoms. The molecular weight excluding hydrogens is 269 g/mol. The maximum Gasteiger partial charge on any atom is 0.251 e. The van der Waals surface area contributed by atoms with E-state index < -0.39 is 5.82 Å². The second-order valence-corrected chi connectivity index (χ2v) is 6.06. The molecule has 1 atom stereocenters. The van der Waals surface area contributed by atoms with E-state index in [2.05, 4.69) is 31.0 Å². The summed E-state index contributed by atoms with van der Waals surface area (Å²) in [6, 6.07) is 4.34. The molecular formula is C17H20FNO2. The Morgan fingerprint density at radius 1 is 1.52 bits per heavy atom. The predicted octanol–water partition coefficient (Wildman–Crippen LogP) is 2.48. The van der Waals surface area contributed by atoms with Crippen molar-refractivity contribution >= 4 is 5.91 Å². The molecule has 1 aliphatic carbocycles. The predicted molar refractivity (Wildman–Crippen MR) is 79.3 cm³/mol. The molecule has 3 nitrogen and oxygen atoms in total. The van der Waals surface area contributed by atoms with Crippen LogP contribution in [0.4, 0.5) is 4.39 Å². The zero-order valence-electron chi connectivity index (χ0n) is 12.4. The van der Waals surface area contributed by atoms with E-state index in [0.29, 0.717) is 5.56 Å². The van der Waals surface area contributed by atoms with Gasteiger partial charge in [0.1, 0.15) is 12.4 Å². The summed E-state index contributed by atoms with van der Waals surface area (Å²) >= 11 is 0. The van der Waals surface area contributed by atoms with Gasteiger partial charge in [0.15, 0.2) is 0 Å². The summed E-state index contributed by atoms with van der Waals surface area (Å²) in [6.07, 6.45) is 3.14. The fourth-order valence-corrected chi connectivity index (χ4v) is 2.73. The SMILES string of the molecule is CC1(C)CCCC1NC(=O)c1ccc(C#CCO)c(F)c1. The molecule has 0 heterocycles. The molecule has 1 unspecified atom stereocenters. The molecule has 1 aliphatic rings. The van der Waals surface area contributed by atoms with Crippen LogP contribution in [0.15, 0.2) is 18.2 Å². The lowest BCUT2D eigenvalue weighted by Crippen LogP contribution is -2.41. The highest BCUT2D eigenvalue weighted by atomic mass is 19.1. The van der Waals surface area contributed by atoms with Gasteiger partial charge in [-0.2, -0.15) is 0 Å². The first-order chi connectivity index (χ1) is 9.94. The van der Waals surface area contributed by atoms with E-state index in [-0.39, 0.29) is 29.5 Å². The molecule has 1 aromatic carbocycles. The minimum absolute atomic E-state index is 0.0841. The fraction of sp³-hybridized carbons (Fsp3) is 0.471. The molecule has 21 heavy (non-hydrogen) atoms. The molecule has 1 amide bonds. The number of carbonyl (C=O) groups excluding carboxylic acids is 1. The largest absolute Gasteiger partial charge is 0.384 e. The van der Waals surface area contributed by atoms with E-state index in [4.69, 9.17) is 5.11 Å². The summed E-state index contributed by atoms with van der Waals surface area (Å²) in [5.41, 5.74) is 0.562. The number of hydrogen-bond donors (Lipinski definition) is 2. The van der Waals surface area contributed by atoms with Crippen LogP contribution in [0.3, 0.4) is 0 Å². The summed E-state index contributed by atoms with van der Waals surface area (Å²) in [5.74, 6) is 4.10. The summed E-state index contributed by atoms with van der Waals surface area (Å²) in [5, 5.41) is 11.6. The second kappa shape index (κ2) is 6.28. The van der Waals surface area contributed by atoms with Crippen molar-refractivity contribution in [3.63, 3.8) is 0 Å². The van der Waals surface area contributed by atoms with Crippen molar-refractivity contribution in [2.45, 2.75) is 39.2 Å². The maximum absolute atomic E-state index is 13.8. The number of hydrogen-bond acceptors (Lipinski definition) is 2. The quantitative estimate of drug-likeness (QED) is 0.822. The van der Waals surface area contributed by atoms with Gasteiger partial charge in [0.05, 0.1) is 5.56 Å². The van der Waals surface area contributed by atoms with Crippen LogP contribution < -0.4 is 5.32 Å². The number of carbonyl (C=O) groups is 1. The van der Waals surface area contributed by atoms with Gasteiger partial charge < -0.3 is 10.4 Å². The Hall–Kier alpha value is -1.86. The lowest BCUT2D eigenvalue weighted by molar-refractivity contribution is 0.0909. The number of amides is 1. The van der Waals surface area contributed by atoms with Gasteiger partial charge in [0, 0.05) is 11.6 Å². The average Bonchev–Trinajstić information content (AvgIpc) is 2.76. The Morgan fingerprint density at radius 2 is 2.29 bits per heavy atom. The minimum Gasteiger partial charge on any atom is -0.384 e. The van der Waals surface area contributed by atoms with Gasteiger partial charge in [0.25, 0.3) is 5.91 Å². The van der Waals surface area contributed by atoms with Gasteiger partial charge >= 0.3 is 0 Å². The first-order valence-corrected chi connectivity index (χ1v) is 7.14. The molecule has 0 bridgehead atoms. The first-order valence-electron chi connectivity index (χ1n) is 7.14. The van der Waals surface area contributed by atoms with Crippen molar-refractivity contribution in [3.05, 3.63) is 35.1 Å². The van der Waals surface area contributed by atoms with Gasteiger partial charge in [-0.3, -0.25) is 4.79 Å². The van der Waals surface area contributed by atoms with Gasteiger partial charge in [-0.25, -0.2) is 4.39 Å². The lowest BCUT2D eigenvalue weighted by Gasteiger charge is -2.27. The normalized spacial score (nSPS) is 19.7. The smallest absolute Gasteiger partial charge is 0.251 e. The second-order valence-electron chi connectivity index (χ2n) is 6.06.